The SMILES string of the molecule is CC(C)CN(CC(C)C)c1ccc(CC(=O)O)cc1NC(=O)Cc1ccc(F)cc1F. The number of aliphatic carboxylic acids is 1. The molecule has 2 aromatic carbocycles. The van der Waals surface area contributed by atoms with Crippen LogP contribution in [0.2, 0.25) is 0 Å². The van der Waals surface area contributed by atoms with Gasteiger partial charge in [0.25, 0.3) is 0 Å². The van der Waals surface area contributed by atoms with Crippen molar-refractivity contribution in [1.29, 1.82) is 0 Å². The third-order valence-electron chi connectivity index (χ3n) is 4.57. The minimum absolute atomic E-state index is 0.0864. The number of benzene rings is 2. The molecular formula is C24H30F2N2O3. The van der Waals surface area contributed by atoms with Crippen molar-refractivity contribution in [3.05, 3.63) is 59.2 Å². The lowest BCUT2D eigenvalue weighted by Gasteiger charge is -2.30. The van der Waals surface area contributed by atoms with E-state index in [-0.39, 0.29) is 18.4 Å². The zero-order chi connectivity index (χ0) is 23.1. The summed E-state index contributed by atoms with van der Waals surface area (Å²) in [5, 5.41) is 11.9. The van der Waals surface area contributed by atoms with E-state index >= 15 is 0 Å². The third-order valence-corrected chi connectivity index (χ3v) is 4.57. The molecule has 2 aromatic rings. The molecule has 1 amide bonds. The summed E-state index contributed by atoms with van der Waals surface area (Å²) < 4.78 is 27.1. The van der Waals surface area contributed by atoms with E-state index in [1.807, 2.05) is 6.07 Å². The number of hydrogen-bond donors (Lipinski definition) is 2. The number of anilines is 2. The fourth-order valence-corrected chi connectivity index (χ4v) is 3.43. The van der Waals surface area contributed by atoms with Gasteiger partial charge in [0.15, 0.2) is 0 Å². The summed E-state index contributed by atoms with van der Waals surface area (Å²) in [4.78, 5) is 26.0. The van der Waals surface area contributed by atoms with Gasteiger partial charge in [0, 0.05) is 19.2 Å². The van der Waals surface area contributed by atoms with Crippen molar-refractivity contribution in [3.8, 4) is 0 Å². The maximum absolute atomic E-state index is 14.0. The molecule has 5 nitrogen and oxygen atoms in total. The number of rotatable bonds is 10. The van der Waals surface area contributed by atoms with Crippen LogP contribution in [0.5, 0.6) is 0 Å². The van der Waals surface area contributed by atoms with Crippen LogP contribution in [-0.2, 0) is 22.4 Å². The first-order valence-electron chi connectivity index (χ1n) is 10.4. The first kappa shape index (κ1) is 24.3. The third kappa shape index (κ3) is 7.66. The van der Waals surface area contributed by atoms with Crippen LogP contribution in [0.1, 0.15) is 38.8 Å². The number of halogens is 2. The van der Waals surface area contributed by atoms with Gasteiger partial charge in [-0.25, -0.2) is 8.78 Å². The summed E-state index contributed by atoms with van der Waals surface area (Å²) in [7, 11) is 0. The number of nitrogens with zero attached hydrogens (tertiary/aromatic N) is 1. The number of carbonyl (C=O) groups is 2. The molecule has 0 aliphatic heterocycles. The van der Waals surface area contributed by atoms with Crippen LogP contribution in [0.25, 0.3) is 0 Å². The molecule has 0 saturated heterocycles. The molecule has 0 radical (unpaired) electrons. The maximum atomic E-state index is 14.0. The Morgan fingerprint density at radius 1 is 0.968 bits per heavy atom. The van der Waals surface area contributed by atoms with Crippen LogP contribution in [0.15, 0.2) is 36.4 Å². The molecule has 2 rings (SSSR count). The zero-order valence-electron chi connectivity index (χ0n) is 18.4. The average molecular weight is 433 g/mol. The maximum Gasteiger partial charge on any atom is 0.307 e. The molecule has 0 bridgehead atoms. The summed E-state index contributed by atoms with van der Waals surface area (Å²) in [6.07, 6.45) is -0.437. The van der Waals surface area contributed by atoms with Gasteiger partial charge in [0.2, 0.25) is 5.91 Å². The fourth-order valence-electron chi connectivity index (χ4n) is 3.43. The molecule has 0 aliphatic rings. The minimum atomic E-state index is -0.973. The van der Waals surface area contributed by atoms with Gasteiger partial charge in [-0.2, -0.15) is 0 Å². The predicted octanol–water partition coefficient (Wildman–Crippen LogP) is 4.89. The van der Waals surface area contributed by atoms with Gasteiger partial charge in [-0.1, -0.05) is 39.8 Å². The van der Waals surface area contributed by atoms with E-state index in [2.05, 4.69) is 37.9 Å². The van der Waals surface area contributed by atoms with E-state index in [1.165, 1.54) is 6.07 Å². The van der Waals surface area contributed by atoms with E-state index < -0.39 is 23.5 Å². The van der Waals surface area contributed by atoms with Crippen LogP contribution in [-0.4, -0.2) is 30.1 Å². The second-order valence-electron chi connectivity index (χ2n) is 8.58. The Hall–Kier alpha value is -2.96. The predicted molar refractivity (Wildman–Crippen MR) is 118 cm³/mol. The van der Waals surface area contributed by atoms with E-state index in [9.17, 15) is 18.4 Å². The Bertz CT molecular complexity index is 919. The van der Waals surface area contributed by atoms with Gasteiger partial charge < -0.3 is 15.3 Å². The average Bonchev–Trinajstić information content (AvgIpc) is 2.62. The lowest BCUT2D eigenvalue weighted by Crippen LogP contribution is -2.32. The highest BCUT2D eigenvalue weighted by atomic mass is 19.1. The molecule has 0 aliphatic carbocycles. The second kappa shape index (κ2) is 10.9. The molecule has 0 atom stereocenters. The van der Waals surface area contributed by atoms with Crippen molar-refractivity contribution in [2.24, 2.45) is 11.8 Å². The van der Waals surface area contributed by atoms with Gasteiger partial charge >= 0.3 is 5.97 Å². The molecule has 0 heterocycles. The van der Waals surface area contributed by atoms with Gasteiger partial charge in [-0.05, 0) is 41.2 Å². The molecule has 0 spiro atoms. The molecular weight excluding hydrogens is 402 g/mol. The van der Waals surface area contributed by atoms with Crippen molar-refractivity contribution in [2.45, 2.75) is 40.5 Å². The van der Waals surface area contributed by atoms with Gasteiger partial charge in [-0.15, -0.1) is 0 Å². The molecule has 2 N–H and O–H groups in total. The van der Waals surface area contributed by atoms with Crippen molar-refractivity contribution in [3.63, 3.8) is 0 Å². The Labute approximate surface area is 182 Å². The van der Waals surface area contributed by atoms with Crippen molar-refractivity contribution in [1.82, 2.24) is 0 Å². The highest BCUT2D eigenvalue weighted by Gasteiger charge is 2.18. The Balaban J connectivity index is 2.35. The molecule has 31 heavy (non-hydrogen) atoms. The van der Waals surface area contributed by atoms with Crippen molar-refractivity contribution < 1.29 is 23.5 Å². The summed E-state index contributed by atoms with van der Waals surface area (Å²) in [5.41, 5.74) is 1.90. The minimum Gasteiger partial charge on any atom is -0.481 e. The van der Waals surface area contributed by atoms with Gasteiger partial charge in [-0.3, -0.25) is 9.59 Å². The van der Waals surface area contributed by atoms with Crippen LogP contribution >= 0.6 is 0 Å². The Kier molecular flexibility index (Phi) is 8.54. The Morgan fingerprint density at radius 3 is 2.16 bits per heavy atom. The van der Waals surface area contributed by atoms with E-state index in [1.54, 1.807) is 12.1 Å². The number of nitrogens with one attached hydrogen (secondary N) is 1. The van der Waals surface area contributed by atoms with E-state index in [4.69, 9.17) is 5.11 Å². The molecule has 0 fully saturated rings. The number of hydrogen-bond acceptors (Lipinski definition) is 3. The van der Waals surface area contributed by atoms with Crippen molar-refractivity contribution >= 4 is 23.3 Å². The molecule has 0 unspecified atom stereocenters. The lowest BCUT2D eigenvalue weighted by atomic mass is 10.1. The number of carbonyl (C=O) groups excluding carboxylic acids is 1. The monoisotopic (exact) mass is 432 g/mol. The molecule has 0 saturated carbocycles. The Morgan fingerprint density at radius 2 is 1.61 bits per heavy atom. The van der Waals surface area contributed by atoms with Gasteiger partial charge in [0.05, 0.1) is 24.2 Å². The number of carboxylic acid groups (broad SMARTS) is 1. The topological polar surface area (TPSA) is 69.6 Å². The summed E-state index contributed by atoms with van der Waals surface area (Å²) in [5.74, 6) is -2.18. The van der Waals surface area contributed by atoms with E-state index in [0.29, 0.717) is 23.1 Å². The second-order valence-corrected chi connectivity index (χ2v) is 8.58. The molecule has 168 valence electrons. The van der Waals surface area contributed by atoms with E-state index in [0.717, 1.165) is 30.9 Å². The molecule has 7 heteroatoms. The molecule has 0 aromatic heterocycles. The van der Waals surface area contributed by atoms with Crippen molar-refractivity contribution in [2.75, 3.05) is 23.3 Å². The smallest absolute Gasteiger partial charge is 0.307 e. The summed E-state index contributed by atoms with van der Waals surface area (Å²) in [6, 6.07) is 8.31. The fraction of sp³-hybridized carbons (Fsp3) is 0.417. The first-order valence-corrected chi connectivity index (χ1v) is 10.4. The van der Waals surface area contributed by atoms with Gasteiger partial charge in [0.1, 0.15) is 11.6 Å². The quantitative estimate of drug-likeness (QED) is 0.561. The highest BCUT2D eigenvalue weighted by Crippen LogP contribution is 2.29. The summed E-state index contributed by atoms with van der Waals surface area (Å²) in [6.45, 7) is 9.91. The van der Waals surface area contributed by atoms with Crippen LogP contribution < -0.4 is 10.2 Å². The largest absolute Gasteiger partial charge is 0.481 e. The number of carboxylic acids is 1. The number of amides is 1. The normalized spacial score (nSPS) is 11.1. The first-order chi connectivity index (χ1) is 14.5. The van der Waals surface area contributed by atoms with Crippen LogP contribution in [0.3, 0.4) is 0 Å². The van der Waals surface area contributed by atoms with Crippen LogP contribution in [0.4, 0.5) is 20.2 Å². The summed E-state index contributed by atoms with van der Waals surface area (Å²) >= 11 is 0. The highest BCUT2D eigenvalue weighted by molar-refractivity contribution is 5.96. The standard InChI is InChI=1S/C24H30F2N2O3/c1-15(2)13-28(14-16(3)4)22-8-5-17(10-24(30)31)9-21(22)27-23(29)11-18-6-7-19(25)12-20(18)26/h5-9,12,15-16H,10-11,13-14H2,1-4H3,(H,27,29)(H,30,31). The zero-order valence-corrected chi connectivity index (χ0v) is 18.4. The lowest BCUT2D eigenvalue weighted by molar-refractivity contribution is -0.136. The van der Waals surface area contributed by atoms with Crippen LogP contribution in [0, 0.1) is 23.5 Å².